The van der Waals surface area contributed by atoms with E-state index in [1.165, 1.54) is 25.3 Å². The Morgan fingerprint density at radius 2 is 1.92 bits per heavy atom. The number of rotatable bonds is 6. The number of nitrogens with one attached hydrogen (secondary N) is 1. The molecule has 2 aromatic carbocycles. The van der Waals surface area contributed by atoms with Crippen LogP contribution in [0.25, 0.3) is 6.08 Å². The zero-order valence-electron chi connectivity index (χ0n) is 13.2. The first-order valence-corrected chi connectivity index (χ1v) is 7.46. The molecule has 124 valence electrons. The summed E-state index contributed by atoms with van der Waals surface area (Å²) in [5, 5.41) is 2.57. The Labute approximate surface area is 140 Å². The van der Waals surface area contributed by atoms with Gasteiger partial charge in [0.25, 0.3) is 5.91 Å². The average Bonchev–Trinajstić information content (AvgIpc) is 2.61. The zero-order valence-corrected chi connectivity index (χ0v) is 13.2. The number of hydrogen-bond acceptors (Lipinski definition) is 3. The third kappa shape index (κ3) is 5.05. The van der Waals surface area contributed by atoms with Gasteiger partial charge < -0.3 is 10.1 Å². The van der Waals surface area contributed by atoms with Crippen LogP contribution in [0.5, 0.6) is 0 Å². The molecule has 0 aliphatic heterocycles. The first-order valence-electron chi connectivity index (χ1n) is 7.46. The SMILES string of the molecule is COC(=O)[C@H](C/C=C/c1ccccc1)NC(=O)c1cccc(F)c1. The number of methoxy groups -OCH3 is 1. The summed E-state index contributed by atoms with van der Waals surface area (Å²) in [6.07, 6.45) is 3.90. The fraction of sp³-hybridized carbons (Fsp3) is 0.158. The lowest BCUT2D eigenvalue weighted by molar-refractivity contribution is -0.142. The molecule has 0 spiro atoms. The Bertz CT molecular complexity index is 728. The Balaban J connectivity index is 2.04. The Morgan fingerprint density at radius 1 is 1.17 bits per heavy atom. The van der Waals surface area contributed by atoms with Crippen LogP contribution >= 0.6 is 0 Å². The summed E-state index contributed by atoms with van der Waals surface area (Å²) in [6, 6.07) is 14.0. The number of carbonyl (C=O) groups excluding carboxylic acids is 2. The van der Waals surface area contributed by atoms with Gasteiger partial charge in [0.15, 0.2) is 0 Å². The van der Waals surface area contributed by atoms with Crippen molar-refractivity contribution in [2.24, 2.45) is 0 Å². The minimum absolute atomic E-state index is 0.149. The summed E-state index contributed by atoms with van der Waals surface area (Å²) in [7, 11) is 1.25. The predicted octanol–water partition coefficient (Wildman–Crippen LogP) is 3.20. The number of benzene rings is 2. The predicted molar refractivity (Wildman–Crippen MR) is 89.8 cm³/mol. The molecule has 0 saturated carbocycles. The number of ether oxygens (including phenoxy) is 1. The summed E-state index contributed by atoms with van der Waals surface area (Å²) in [4.78, 5) is 24.0. The zero-order chi connectivity index (χ0) is 17.4. The van der Waals surface area contributed by atoms with Gasteiger partial charge in [-0.15, -0.1) is 0 Å². The van der Waals surface area contributed by atoms with Crippen molar-refractivity contribution >= 4 is 18.0 Å². The molecule has 2 rings (SSSR count). The van der Waals surface area contributed by atoms with Crippen LogP contribution in [0, 0.1) is 5.82 Å². The molecular formula is C19H18FNO3. The van der Waals surface area contributed by atoms with Crippen molar-refractivity contribution < 1.29 is 18.7 Å². The van der Waals surface area contributed by atoms with Crippen LogP contribution in [0.3, 0.4) is 0 Å². The van der Waals surface area contributed by atoms with Crippen molar-refractivity contribution in [1.29, 1.82) is 0 Å². The summed E-state index contributed by atoms with van der Waals surface area (Å²) >= 11 is 0. The van der Waals surface area contributed by atoms with Gasteiger partial charge in [0.1, 0.15) is 11.9 Å². The van der Waals surface area contributed by atoms with Crippen molar-refractivity contribution in [3.63, 3.8) is 0 Å². The molecular weight excluding hydrogens is 309 g/mol. The van der Waals surface area contributed by atoms with Gasteiger partial charge in [0, 0.05) is 5.56 Å². The van der Waals surface area contributed by atoms with E-state index in [9.17, 15) is 14.0 Å². The molecule has 0 aliphatic carbocycles. The first kappa shape index (κ1) is 17.4. The number of halogens is 1. The van der Waals surface area contributed by atoms with Gasteiger partial charge in [-0.25, -0.2) is 9.18 Å². The molecule has 24 heavy (non-hydrogen) atoms. The normalized spacial score (nSPS) is 11.9. The van der Waals surface area contributed by atoms with Crippen LogP contribution in [-0.2, 0) is 9.53 Å². The molecule has 0 heterocycles. The molecule has 0 saturated heterocycles. The van der Waals surface area contributed by atoms with E-state index in [4.69, 9.17) is 4.74 Å². The summed E-state index contributed by atoms with van der Waals surface area (Å²) < 4.78 is 17.9. The van der Waals surface area contributed by atoms with Crippen molar-refractivity contribution in [3.05, 3.63) is 77.6 Å². The molecule has 1 N–H and O–H groups in total. The molecule has 0 fully saturated rings. The molecule has 0 aliphatic rings. The molecule has 1 atom stereocenters. The fourth-order valence-electron chi connectivity index (χ4n) is 2.13. The maximum Gasteiger partial charge on any atom is 0.328 e. The fourth-order valence-corrected chi connectivity index (χ4v) is 2.13. The van der Waals surface area contributed by atoms with Crippen LogP contribution < -0.4 is 5.32 Å². The van der Waals surface area contributed by atoms with Gasteiger partial charge in [-0.05, 0) is 30.2 Å². The van der Waals surface area contributed by atoms with E-state index < -0.39 is 23.7 Å². The molecule has 0 aromatic heterocycles. The third-order valence-corrected chi connectivity index (χ3v) is 3.36. The largest absolute Gasteiger partial charge is 0.467 e. The molecule has 1 amide bonds. The van der Waals surface area contributed by atoms with Crippen molar-refractivity contribution in [1.82, 2.24) is 5.32 Å². The second-order valence-corrected chi connectivity index (χ2v) is 5.11. The van der Waals surface area contributed by atoms with Gasteiger partial charge in [-0.3, -0.25) is 4.79 Å². The van der Waals surface area contributed by atoms with Crippen molar-refractivity contribution in [2.45, 2.75) is 12.5 Å². The molecule has 4 nitrogen and oxygen atoms in total. The van der Waals surface area contributed by atoms with Crippen LogP contribution in [0.15, 0.2) is 60.7 Å². The highest BCUT2D eigenvalue weighted by Gasteiger charge is 2.21. The van der Waals surface area contributed by atoms with Gasteiger partial charge in [-0.1, -0.05) is 48.6 Å². The molecule has 0 unspecified atom stereocenters. The van der Waals surface area contributed by atoms with Crippen LogP contribution in [-0.4, -0.2) is 25.0 Å². The number of carbonyl (C=O) groups is 2. The maximum atomic E-state index is 13.2. The Morgan fingerprint density at radius 3 is 2.58 bits per heavy atom. The minimum Gasteiger partial charge on any atom is -0.467 e. The summed E-state index contributed by atoms with van der Waals surface area (Å²) in [5.41, 5.74) is 1.13. The van der Waals surface area contributed by atoms with Gasteiger partial charge >= 0.3 is 5.97 Å². The lowest BCUT2D eigenvalue weighted by atomic mass is 10.1. The van der Waals surface area contributed by atoms with Crippen LogP contribution in [0.1, 0.15) is 22.3 Å². The highest BCUT2D eigenvalue weighted by atomic mass is 19.1. The van der Waals surface area contributed by atoms with E-state index in [1.807, 2.05) is 36.4 Å². The van der Waals surface area contributed by atoms with Crippen LogP contribution in [0.4, 0.5) is 4.39 Å². The number of hydrogen-bond donors (Lipinski definition) is 1. The minimum atomic E-state index is -0.842. The average molecular weight is 327 g/mol. The van der Waals surface area contributed by atoms with E-state index in [0.717, 1.165) is 11.6 Å². The van der Waals surface area contributed by atoms with Crippen LogP contribution in [0.2, 0.25) is 0 Å². The topological polar surface area (TPSA) is 55.4 Å². The first-order chi connectivity index (χ1) is 11.6. The maximum absolute atomic E-state index is 13.2. The standard InChI is InChI=1S/C19H18FNO3/c1-24-19(23)17(12-5-9-14-7-3-2-4-8-14)21-18(22)15-10-6-11-16(20)13-15/h2-11,13,17H,12H2,1H3,(H,21,22)/b9-5+/t17-/m0/s1. The van der Waals surface area contributed by atoms with Gasteiger partial charge in [-0.2, -0.15) is 0 Å². The van der Waals surface area contributed by atoms with E-state index in [2.05, 4.69) is 5.32 Å². The second-order valence-electron chi connectivity index (χ2n) is 5.11. The highest BCUT2D eigenvalue weighted by Crippen LogP contribution is 2.07. The Kier molecular flexibility index (Phi) is 6.25. The summed E-state index contributed by atoms with van der Waals surface area (Å²) in [6.45, 7) is 0. The number of esters is 1. The van der Waals surface area contributed by atoms with Crippen molar-refractivity contribution in [2.75, 3.05) is 7.11 Å². The second kappa shape index (κ2) is 8.62. The Hall–Kier alpha value is -2.95. The third-order valence-electron chi connectivity index (χ3n) is 3.36. The molecule has 2 aromatic rings. The monoisotopic (exact) mass is 327 g/mol. The summed E-state index contributed by atoms with van der Waals surface area (Å²) in [5.74, 6) is -1.60. The van der Waals surface area contributed by atoms with E-state index in [1.54, 1.807) is 6.08 Å². The lowest BCUT2D eigenvalue weighted by Gasteiger charge is -2.15. The molecule has 0 radical (unpaired) electrons. The van der Waals surface area contributed by atoms with Gasteiger partial charge in [0.05, 0.1) is 7.11 Å². The number of amides is 1. The molecule has 0 bridgehead atoms. The smallest absolute Gasteiger partial charge is 0.328 e. The lowest BCUT2D eigenvalue weighted by Crippen LogP contribution is -2.41. The van der Waals surface area contributed by atoms with E-state index in [-0.39, 0.29) is 12.0 Å². The van der Waals surface area contributed by atoms with Crippen molar-refractivity contribution in [3.8, 4) is 0 Å². The van der Waals surface area contributed by atoms with E-state index in [0.29, 0.717) is 0 Å². The quantitative estimate of drug-likeness (QED) is 0.829. The van der Waals surface area contributed by atoms with E-state index >= 15 is 0 Å². The highest BCUT2D eigenvalue weighted by molar-refractivity contribution is 5.96. The van der Waals surface area contributed by atoms with Gasteiger partial charge in [0.2, 0.25) is 0 Å². The molecule has 5 heteroatoms.